The van der Waals surface area contributed by atoms with Gasteiger partial charge in [-0.05, 0) is 48.9 Å². The van der Waals surface area contributed by atoms with E-state index in [1.807, 2.05) is 17.7 Å². The molecule has 1 aliphatic carbocycles. The Morgan fingerprint density at radius 2 is 2.00 bits per heavy atom. The van der Waals surface area contributed by atoms with Crippen LogP contribution in [0.3, 0.4) is 0 Å². The summed E-state index contributed by atoms with van der Waals surface area (Å²) in [6, 6.07) is 5.54. The monoisotopic (exact) mass is 409 g/mol. The molecule has 2 aliphatic rings. The summed E-state index contributed by atoms with van der Waals surface area (Å²) in [5.41, 5.74) is 2.53. The Kier molecular flexibility index (Phi) is 4.93. The number of halogens is 1. The third-order valence-electron chi connectivity index (χ3n) is 6.70. The summed E-state index contributed by atoms with van der Waals surface area (Å²) in [4.78, 5) is 23.0. The smallest absolute Gasteiger partial charge is 0.262 e. The van der Waals surface area contributed by atoms with E-state index in [0.717, 1.165) is 42.9 Å². The van der Waals surface area contributed by atoms with Gasteiger partial charge >= 0.3 is 0 Å². The molecule has 2 atom stereocenters. The minimum Gasteiger partial charge on any atom is -0.310 e. The van der Waals surface area contributed by atoms with E-state index in [2.05, 4.69) is 21.9 Å². The molecule has 7 heteroatoms. The fraction of sp³-hybridized carbons (Fsp3) is 0.522. The molecule has 0 amide bonds. The Labute approximate surface area is 175 Å². The second-order valence-corrected chi connectivity index (χ2v) is 9.13. The first-order chi connectivity index (χ1) is 14.5. The van der Waals surface area contributed by atoms with Crippen molar-refractivity contribution in [2.24, 2.45) is 5.92 Å². The minimum atomic E-state index is -0.189. The average Bonchev–Trinajstić information content (AvgIpc) is 3.40. The van der Waals surface area contributed by atoms with Crippen molar-refractivity contribution in [1.82, 2.24) is 24.6 Å². The number of benzene rings is 1. The average molecular weight is 410 g/mol. The van der Waals surface area contributed by atoms with E-state index in [1.165, 1.54) is 12.8 Å². The molecule has 0 spiro atoms. The highest BCUT2D eigenvalue weighted by Crippen LogP contribution is 2.33. The van der Waals surface area contributed by atoms with E-state index in [0.29, 0.717) is 29.5 Å². The predicted molar refractivity (Wildman–Crippen MR) is 114 cm³/mol. The lowest BCUT2D eigenvalue weighted by Gasteiger charge is -2.17. The number of aromatic nitrogens is 4. The zero-order valence-corrected chi connectivity index (χ0v) is 17.6. The van der Waals surface area contributed by atoms with Crippen molar-refractivity contribution in [3.63, 3.8) is 0 Å². The molecule has 3 heterocycles. The molecule has 1 N–H and O–H groups in total. The number of likely N-dealkylation sites (tertiary alicyclic amines) is 1. The molecule has 0 unspecified atom stereocenters. The molecule has 2 fully saturated rings. The van der Waals surface area contributed by atoms with Gasteiger partial charge in [0.25, 0.3) is 5.56 Å². The van der Waals surface area contributed by atoms with Crippen molar-refractivity contribution in [2.45, 2.75) is 58.0 Å². The zero-order valence-electron chi connectivity index (χ0n) is 17.6. The van der Waals surface area contributed by atoms with Crippen LogP contribution in [0.2, 0.25) is 0 Å². The lowest BCUT2D eigenvalue weighted by Crippen LogP contribution is -2.22. The normalized spacial score (nSPS) is 23.0. The van der Waals surface area contributed by atoms with Crippen molar-refractivity contribution < 1.29 is 4.39 Å². The second-order valence-electron chi connectivity index (χ2n) is 9.13. The third kappa shape index (κ3) is 3.55. The summed E-state index contributed by atoms with van der Waals surface area (Å²) in [7, 11) is 0. The number of nitrogens with one attached hydrogen (secondary N) is 1. The predicted octanol–water partition coefficient (Wildman–Crippen LogP) is 3.92. The molecule has 30 heavy (non-hydrogen) atoms. The van der Waals surface area contributed by atoms with Crippen molar-refractivity contribution in [3.05, 3.63) is 57.5 Å². The van der Waals surface area contributed by atoms with E-state index < -0.39 is 0 Å². The first-order valence-electron chi connectivity index (χ1n) is 10.9. The van der Waals surface area contributed by atoms with Gasteiger partial charge in [-0.1, -0.05) is 25.8 Å². The summed E-state index contributed by atoms with van der Waals surface area (Å²) >= 11 is 0. The van der Waals surface area contributed by atoms with Gasteiger partial charge in [0.15, 0.2) is 5.65 Å². The lowest BCUT2D eigenvalue weighted by molar-refractivity contribution is 0.318. The molecule has 158 valence electrons. The fourth-order valence-corrected chi connectivity index (χ4v) is 5.26. The largest absolute Gasteiger partial charge is 0.310 e. The highest BCUT2D eigenvalue weighted by Gasteiger charge is 2.33. The van der Waals surface area contributed by atoms with Gasteiger partial charge in [0, 0.05) is 25.6 Å². The number of H-pyrrole nitrogens is 1. The number of hydrogen-bond donors (Lipinski definition) is 1. The van der Waals surface area contributed by atoms with Gasteiger partial charge in [-0.15, -0.1) is 0 Å². The Morgan fingerprint density at radius 3 is 2.77 bits per heavy atom. The number of aryl methyl sites for hydroxylation is 1. The Hall–Kier alpha value is -2.54. The van der Waals surface area contributed by atoms with Gasteiger partial charge in [0.1, 0.15) is 17.0 Å². The van der Waals surface area contributed by atoms with Crippen molar-refractivity contribution in [3.8, 4) is 0 Å². The van der Waals surface area contributed by atoms with Gasteiger partial charge in [0.2, 0.25) is 0 Å². The van der Waals surface area contributed by atoms with Crippen LogP contribution < -0.4 is 5.56 Å². The van der Waals surface area contributed by atoms with Crippen LogP contribution in [0.1, 0.15) is 61.5 Å². The molecule has 1 saturated heterocycles. The van der Waals surface area contributed by atoms with Gasteiger partial charge in [0.05, 0.1) is 12.2 Å². The van der Waals surface area contributed by atoms with E-state index in [1.54, 1.807) is 18.3 Å². The van der Waals surface area contributed by atoms with Crippen LogP contribution >= 0.6 is 0 Å². The van der Waals surface area contributed by atoms with Crippen molar-refractivity contribution >= 4 is 11.0 Å². The molecule has 2 aromatic heterocycles. The standard InChI is InChI=1S/C23H28FN5O/c1-14-7-16(9-17(24)8-14)12-28-11-15(2)20(13-28)21-26-22-19(23(30)27-21)10-25-29(22)18-5-3-4-6-18/h7-10,15,18,20H,3-6,11-13H2,1-2H3,(H,26,27,30)/t15-,20-/m1/s1. The Morgan fingerprint density at radius 1 is 1.20 bits per heavy atom. The molecule has 3 aromatic rings. The molecule has 6 nitrogen and oxygen atoms in total. The van der Waals surface area contributed by atoms with E-state index >= 15 is 0 Å². The van der Waals surface area contributed by atoms with Crippen LogP contribution in [0.4, 0.5) is 4.39 Å². The van der Waals surface area contributed by atoms with Gasteiger partial charge in [-0.2, -0.15) is 5.10 Å². The summed E-state index contributed by atoms with van der Waals surface area (Å²) in [5.74, 6) is 1.05. The van der Waals surface area contributed by atoms with Crippen LogP contribution in [-0.4, -0.2) is 37.7 Å². The third-order valence-corrected chi connectivity index (χ3v) is 6.70. The number of nitrogens with zero attached hydrogens (tertiary/aromatic N) is 4. The number of rotatable bonds is 4. The molecular formula is C23H28FN5O. The van der Waals surface area contributed by atoms with E-state index in [-0.39, 0.29) is 17.3 Å². The molecule has 0 bridgehead atoms. The van der Waals surface area contributed by atoms with Crippen LogP contribution in [0.25, 0.3) is 11.0 Å². The van der Waals surface area contributed by atoms with E-state index in [9.17, 15) is 9.18 Å². The number of fused-ring (bicyclic) bond motifs is 1. The van der Waals surface area contributed by atoms with Crippen LogP contribution in [0.15, 0.2) is 29.2 Å². The maximum absolute atomic E-state index is 13.8. The quantitative estimate of drug-likeness (QED) is 0.709. The number of hydrogen-bond acceptors (Lipinski definition) is 4. The number of aromatic amines is 1. The lowest BCUT2D eigenvalue weighted by atomic mass is 9.97. The summed E-state index contributed by atoms with van der Waals surface area (Å²) in [5, 5.41) is 5.07. The zero-order chi connectivity index (χ0) is 20.8. The van der Waals surface area contributed by atoms with Gasteiger partial charge < -0.3 is 4.98 Å². The Balaban J connectivity index is 1.42. The molecule has 5 rings (SSSR count). The first kappa shape index (κ1) is 19.4. The topological polar surface area (TPSA) is 66.8 Å². The molecule has 1 saturated carbocycles. The highest BCUT2D eigenvalue weighted by molar-refractivity contribution is 5.73. The molecule has 0 radical (unpaired) electrons. The van der Waals surface area contributed by atoms with Crippen LogP contribution in [0.5, 0.6) is 0 Å². The molecule has 1 aliphatic heterocycles. The van der Waals surface area contributed by atoms with Gasteiger partial charge in [-0.3, -0.25) is 9.69 Å². The van der Waals surface area contributed by atoms with Crippen molar-refractivity contribution in [2.75, 3.05) is 13.1 Å². The fourth-order valence-electron chi connectivity index (χ4n) is 5.26. The maximum atomic E-state index is 13.8. The molecule has 1 aromatic carbocycles. The highest BCUT2D eigenvalue weighted by atomic mass is 19.1. The Bertz CT molecular complexity index is 1110. The maximum Gasteiger partial charge on any atom is 0.262 e. The van der Waals surface area contributed by atoms with Crippen molar-refractivity contribution in [1.29, 1.82) is 0 Å². The minimum absolute atomic E-state index is 0.106. The van der Waals surface area contributed by atoms with Crippen LogP contribution in [0, 0.1) is 18.7 Å². The van der Waals surface area contributed by atoms with Gasteiger partial charge in [-0.25, -0.2) is 14.1 Å². The van der Waals surface area contributed by atoms with E-state index in [4.69, 9.17) is 4.98 Å². The summed E-state index contributed by atoms with van der Waals surface area (Å²) in [6.45, 7) is 6.50. The summed E-state index contributed by atoms with van der Waals surface area (Å²) in [6.07, 6.45) is 6.26. The SMILES string of the molecule is Cc1cc(F)cc(CN2C[C@@H](C)[C@H](c3nc4c(cnn4C4CCCC4)c(=O)[nH]3)C2)c1. The van der Waals surface area contributed by atoms with Crippen LogP contribution in [-0.2, 0) is 6.54 Å². The first-order valence-corrected chi connectivity index (χ1v) is 10.9. The second kappa shape index (κ2) is 7.61. The molecular weight excluding hydrogens is 381 g/mol. The summed E-state index contributed by atoms with van der Waals surface area (Å²) < 4.78 is 15.7.